The number of nitro benzene ring substituents is 1. The normalized spacial score (nSPS) is 10.8. The third-order valence-corrected chi connectivity index (χ3v) is 5.33. The zero-order chi connectivity index (χ0) is 23.1. The van der Waals surface area contributed by atoms with Crippen molar-refractivity contribution in [2.45, 2.75) is 6.61 Å². The van der Waals surface area contributed by atoms with Gasteiger partial charge in [-0.15, -0.1) is 0 Å². The second kappa shape index (κ2) is 10.7. The molecule has 0 aliphatic heterocycles. The van der Waals surface area contributed by atoms with Gasteiger partial charge in [-0.2, -0.15) is 5.26 Å². The van der Waals surface area contributed by atoms with E-state index in [1.807, 2.05) is 6.07 Å². The van der Waals surface area contributed by atoms with Gasteiger partial charge < -0.3 is 10.1 Å². The van der Waals surface area contributed by atoms with Crippen LogP contribution in [0.2, 0.25) is 5.02 Å². The molecule has 3 aromatic rings. The average Bonchev–Trinajstić information content (AvgIpc) is 2.77. The maximum atomic E-state index is 12.4. The number of ether oxygens (including phenoxy) is 1. The standard InChI is InChI=1S/C23H15ClIN3O4/c24-18-2-1-3-19(12-18)27-23(29)17(13-26)10-16-6-9-22(21(25)11-16)32-14-15-4-7-20(8-5-15)28(30)31/h1-12H,14H2,(H,27,29)/b17-10+. The Hall–Kier alpha value is -3.42. The van der Waals surface area contributed by atoms with E-state index >= 15 is 0 Å². The SMILES string of the molecule is N#C/C(=C\c1ccc(OCc2ccc([N+](=O)[O-])cc2)c(I)c1)C(=O)Nc1cccc(Cl)c1. The largest absolute Gasteiger partial charge is 0.488 e. The maximum absolute atomic E-state index is 12.4. The molecule has 9 heteroatoms. The number of hydrogen-bond donors (Lipinski definition) is 1. The summed E-state index contributed by atoms with van der Waals surface area (Å²) >= 11 is 8.02. The van der Waals surface area contributed by atoms with Gasteiger partial charge in [-0.05, 0) is 82.3 Å². The van der Waals surface area contributed by atoms with Crippen molar-refractivity contribution in [1.82, 2.24) is 0 Å². The number of non-ortho nitro benzene ring substituents is 1. The van der Waals surface area contributed by atoms with Crippen molar-refractivity contribution in [3.8, 4) is 11.8 Å². The first-order valence-corrected chi connectivity index (χ1v) is 10.7. The number of hydrogen-bond acceptors (Lipinski definition) is 5. The quantitative estimate of drug-likeness (QED) is 0.126. The monoisotopic (exact) mass is 559 g/mol. The number of nitriles is 1. The topological polar surface area (TPSA) is 105 Å². The molecule has 0 fully saturated rings. The van der Waals surface area contributed by atoms with Gasteiger partial charge in [0.15, 0.2) is 0 Å². The number of nitro groups is 1. The first-order chi connectivity index (χ1) is 15.4. The number of amides is 1. The van der Waals surface area contributed by atoms with Gasteiger partial charge in [0.25, 0.3) is 11.6 Å². The van der Waals surface area contributed by atoms with E-state index in [-0.39, 0.29) is 17.9 Å². The second-order valence-electron chi connectivity index (χ2n) is 6.54. The Morgan fingerprint density at radius 2 is 1.94 bits per heavy atom. The zero-order valence-electron chi connectivity index (χ0n) is 16.4. The Balaban J connectivity index is 1.68. The molecule has 0 saturated carbocycles. The van der Waals surface area contributed by atoms with Crippen LogP contribution in [0.1, 0.15) is 11.1 Å². The Bertz CT molecular complexity index is 1240. The molecule has 1 N–H and O–H groups in total. The molecule has 0 aromatic heterocycles. The van der Waals surface area contributed by atoms with Gasteiger partial charge in [0.2, 0.25) is 0 Å². The van der Waals surface area contributed by atoms with E-state index < -0.39 is 10.8 Å². The van der Waals surface area contributed by atoms with Crippen LogP contribution < -0.4 is 10.1 Å². The highest BCUT2D eigenvalue weighted by Gasteiger charge is 2.11. The van der Waals surface area contributed by atoms with Crippen LogP contribution in [0, 0.1) is 25.0 Å². The third-order valence-electron chi connectivity index (χ3n) is 4.26. The number of rotatable bonds is 7. The minimum Gasteiger partial charge on any atom is -0.488 e. The lowest BCUT2D eigenvalue weighted by Gasteiger charge is -2.09. The van der Waals surface area contributed by atoms with Gasteiger partial charge in [-0.1, -0.05) is 23.7 Å². The summed E-state index contributed by atoms with van der Waals surface area (Å²) in [6, 6.07) is 20.0. The zero-order valence-corrected chi connectivity index (χ0v) is 19.3. The van der Waals surface area contributed by atoms with E-state index in [1.165, 1.54) is 18.2 Å². The van der Waals surface area contributed by atoms with Crippen LogP contribution in [0.15, 0.2) is 72.3 Å². The number of carbonyl (C=O) groups excluding carboxylic acids is 1. The average molecular weight is 560 g/mol. The van der Waals surface area contributed by atoms with Gasteiger partial charge in [0, 0.05) is 22.8 Å². The van der Waals surface area contributed by atoms with Crippen molar-refractivity contribution >= 4 is 57.5 Å². The molecule has 0 aliphatic carbocycles. The summed E-state index contributed by atoms with van der Waals surface area (Å²) < 4.78 is 6.58. The fourth-order valence-corrected chi connectivity index (χ4v) is 3.56. The Morgan fingerprint density at radius 3 is 2.56 bits per heavy atom. The predicted molar refractivity (Wildman–Crippen MR) is 130 cm³/mol. The number of halogens is 2. The van der Waals surface area contributed by atoms with E-state index in [2.05, 4.69) is 27.9 Å². The minimum absolute atomic E-state index is 0.0205. The number of anilines is 1. The predicted octanol–water partition coefficient (Wildman–Crippen LogP) is 5.98. The fraction of sp³-hybridized carbons (Fsp3) is 0.0435. The molecular weight excluding hydrogens is 545 g/mol. The Kier molecular flexibility index (Phi) is 7.81. The molecule has 0 unspecified atom stereocenters. The summed E-state index contributed by atoms with van der Waals surface area (Å²) in [5.41, 5.74) is 1.91. The molecule has 3 aromatic carbocycles. The second-order valence-corrected chi connectivity index (χ2v) is 8.14. The number of nitrogens with zero attached hydrogens (tertiary/aromatic N) is 2. The van der Waals surface area contributed by atoms with Gasteiger partial charge in [0.1, 0.15) is 24.0 Å². The van der Waals surface area contributed by atoms with Crippen molar-refractivity contribution < 1.29 is 14.5 Å². The highest BCUT2D eigenvalue weighted by Crippen LogP contribution is 2.25. The lowest BCUT2D eigenvalue weighted by atomic mass is 10.1. The summed E-state index contributed by atoms with van der Waals surface area (Å²) in [5.74, 6) is 0.0752. The molecule has 160 valence electrons. The summed E-state index contributed by atoms with van der Waals surface area (Å²) in [7, 11) is 0. The fourth-order valence-electron chi connectivity index (χ4n) is 2.68. The molecule has 0 saturated heterocycles. The minimum atomic E-state index is -0.539. The van der Waals surface area contributed by atoms with Gasteiger partial charge >= 0.3 is 0 Å². The molecule has 0 aliphatic rings. The van der Waals surface area contributed by atoms with Crippen molar-refractivity contribution in [3.63, 3.8) is 0 Å². The van der Waals surface area contributed by atoms with Gasteiger partial charge in [0.05, 0.1) is 8.49 Å². The number of carbonyl (C=O) groups is 1. The molecule has 1 amide bonds. The number of nitrogens with one attached hydrogen (secondary N) is 1. The van der Waals surface area contributed by atoms with Gasteiger partial charge in [-0.3, -0.25) is 14.9 Å². The van der Waals surface area contributed by atoms with E-state index in [4.69, 9.17) is 16.3 Å². The summed E-state index contributed by atoms with van der Waals surface area (Å²) in [5, 5.41) is 23.3. The summed E-state index contributed by atoms with van der Waals surface area (Å²) in [4.78, 5) is 22.7. The molecule has 0 radical (unpaired) electrons. The van der Waals surface area contributed by atoms with Crippen LogP contribution >= 0.6 is 34.2 Å². The highest BCUT2D eigenvalue weighted by molar-refractivity contribution is 14.1. The van der Waals surface area contributed by atoms with Crippen LogP contribution in [0.25, 0.3) is 6.08 Å². The lowest BCUT2D eigenvalue weighted by molar-refractivity contribution is -0.384. The van der Waals surface area contributed by atoms with Crippen LogP contribution in [-0.2, 0) is 11.4 Å². The molecule has 0 heterocycles. The van der Waals surface area contributed by atoms with E-state index in [9.17, 15) is 20.2 Å². The van der Waals surface area contributed by atoms with E-state index in [0.29, 0.717) is 22.0 Å². The van der Waals surface area contributed by atoms with Crippen LogP contribution in [-0.4, -0.2) is 10.8 Å². The molecular formula is C23H15ClIN3O4. The lowest BCUT2D eigenvalue weighted by Crippen LogP contribution is -2.13. The molecule has 3 rings (SSSR count). The Morgan fingerprint density at radius 1 is 1.19 bits per heavy atom. The van der Waals surface area contributed by atoms with Crippen molar-refractivity contribution in [2.24, 2.45) is 0 Å². The van der Waals surface area contributed by atoms with E-state index in [0.717, 1.165) is 9.13 Å². The Labute approximate surface area is 202 Å². The third kappa shape index (κ3) is 6.29. The summed E-state index contributed by atoms with van der Waals surface area (Å²) in [6.07, 6.45) is 1.49. The molecule has 0 spiro atoms. The first-order valence-electron chi connectivity index (χ1n) is 9.20. The molecule has 7 nitrogen and oxygen atoms in total. The smallest absolute Gasteiger partial charge is 0.269 e. The highest BCUT2D eigenvalue weighted by atomic mass is 127. The summed E-state index contributed by atoms with van der Waals surface area (Å²) in [6.45, 7) is 0.245. The van der Waals surface area contributed by atoms with Gasteiger partial charge in [-0.25, -0.2) is 0 Å². The molecule has 0 atom stereocenters. The van der Waals surface area contributed by atoms with Crippen LogP contribution in [0.5, 0.6) is 5.75 Å². The first kappa shape index (κ1) is 23.2. The van der Waals surface area contributed by atoms with Crippen molar-refractivity contribution in [1.29, 1.82) is 5.26 Å². The molecule has 32 heavy (non-hydrogen) atoms. The van der Waals surface area contributed by atoms with Crippen molar-refractivity contribution in [3.05, 3.63) is 102 Å². The van der Waals surface area contributed by atoms with Crippen LogP contribution in [0.3, 0.4) is 0 Å². The maximum Gasteiger partial charge on any atom is 0.269 e. The molecule has 0 bridgehead atoms. The van der Waals surface area contributed by atoms with E-state index in [1.54, 1.807) is 54.6 Å². The van der Waals surface area contributed by atoms with Crippen molar-refractivity contribution in [2.75, 3.05) is 5.32 Å². The van der Waals surface area contributed by atoms with Crippen LogP contribution in [0.4, 0.5) is 11.4 Å². The number of benzene rings is 3.